The number of carbonyl (C=O) groups is 2. The topological polar surface area (TPSA) is 49.4 Å². The molecule has 0 bridgehead atoms. The van der Waals surface area contributed by atoms with Gasteiger partial charge >= 0.3 is 6.18 Å². The number of alkyl halides is 3. The molecule has 4 nitrogen and oxygen atoms in total. The number of halogens is 4. The van der Waals surface area contributed by atoms with Gasteiger partial charge in [-0.25, -0.2) is 0 Å². The first-order valence-corrected chi connectivity index (χ1v) is 9.56. The van der Waals surface area contributed by atoms with Gasteiger partial charge in [0.25, 0.3) is 5.91 Å². The van der Waals surface area contributed by atoms with Gasteiger partial charge in [0.15, 0.2) is 0 Å². The predicted molar refractivity (Wildman–Crippen MR) is 105 cm³/mol. The van der Waals surface area contributed by atoms with Gasteiger partial charge in [0.05, 0.1) is 11.5 Å². The molecule has 1 fully saturated rings. The van der Waals surface area contributed by atoms with Crippen LogP contribution in [-0.4, -0.2) is 29.8 Å². The SMILES string of the molecule is Cc1ccc(Cl)cc1NC(=O)[C@@H]1CCCN(C(=O)c2cccc(C(F)(F)F)c2)C1. The molecule has 29 heavy (non-hydrogen) atoms. The molecule has 1 aliphatic rings. The summed E-state index contributed by atoms with van der Waals surface area (Å²) in [5.41, 5.74) is 0.553. The number of amides is 2. The Bertz CT molecular complexity index is 930. The second-order valence-corrected chi connectivity index (χ2v) is 7.55. The van der Waals surface area contributed by atoms with Crippen LogP contribution in [-0.2, 0) is 11.0 Å². The summed E-state index contributed by atoms with van der Waals surface area (Å²) in [4.78, 5) is 26.8. The number of anilines is 1. The molecule has 2 aromatic rings. The van der Waals surface area contributed by atoms with E-state index in [4.69, 9.17) is 11.6 Å². The first-order chi connectivity index (χ1) is 13.6. The minimum Gasteiger partial charge on any atom is -0.338 e. The molecule has 1 heterocycles. The van der Waals surface area contributed by atoms with Crippen molar-refractivity contribution in [2.24, 2.45) is 5.92 Å². The Labute approximate surface area is 171 Å². The standard InChI is InChI=1S/C21H20ClF3N2O2/c1-13-7-8-17(22)11-18(13)26-19(28)15-5-3-9-27(12-15)20(29)14-4-2-6-16(10-14)21(23,24)25/h2,4,6-8,10-11,15H,3,5,9,12H2,1H3,(H,26,28)/t15-/m1/s1. The molecule has 2 aromatic carbocycles. The van der Waals surface area contributed by atoms with Crippen molar-refractivity contribution in [3.05, 3.63) is 64.2 Å². The molecule has 154 valence electrons. The van der Waals surface area contributed by atoms with Crippen molar-refractivity contribution >= 4 is 29.1 Å². The van der Waals surface area contributed by atoms with E-state index in [1.165, 1.54) is 17.0 Å². The average molecular weight is 425 g/mol. The highest BCUT2D eigenvalue weighted by Gasteiger charge is 2.33. The molecule has 1 saturated heterocycles. The third-order valence-electron chi connectivity index (χ3n) is 4.97. The Hall–Kier alpha value is -2.54. The minimum absolute atomic E-state index is 0.0356. The number of nitrogens with one attached hydrogen (secondary N) is 1. The van der Waals surface area contributed by atoms with Gasteiger partial charge in [0.2, 0.25) is 5.91 Å². The van der Waals surface area contributed by atoms with Crippen LogP contribution in [0.1, 0.15) is 34.3 Å². The van der Waals surface area contributed by atoms with Gasteiger partial charge < -0.3 is 10.2 Å². The number of likely N-dealkylation sites (tertiary alicyclic amines) is 1. The second-order valence-electron chi connectivity index (χ2n) is 7.12. The molecular formula is C21H20ClF3N2O2. The average Bonchev–Trinajstić information content (AvgIpc) is 2.69. The molecule has 0 radical (unpaired) electrons. The smallest absolute Gasteiger partial charge is 0.338 e. The van der Waals surface area contributed by atoms with E-state index in [-0.39, 0.29) is 18.0 Å². The quantitative estimate of drug-likeness (QED) is 0.740. The Balaban J connectivity index is 1.71. The fourth-order valence-corrected chi connectivity index (χ4v) is 3.52. The lowest BCUT2D eigenvalue weighted by molar-refractivity contribution is -0.137. The number of piperidine rings is 1. The van der Waals surface area contributed by atoms with Crippen molar-refractivity contribution in [2.45, 2.75) is 25.9 Å². The summed E-state index contributed by atoms with van der Waals surface area (Å²) in [7, 11) is 0. The Morgan fingerprint density at radius 2 is 1.93 bits per heavy atom. The summed E-state index contributed by atoms with van der Waals surface area (Å²) in [6.45, 7) is 2.39. The molecule has 0 unspecified atom stereocenters. The van der Waals surface area contributed by atoms with Crippen LogP contribution >= 0.6 is 11.6 Å². The zero-order valence-corrected chi connectivity index (χ0v) is 16.5. The highest BCUT2D eigenvalue weighted by atomic mass is 35.5. The fourth-order valence-electron chi connectivity index (χ4n) is 3.35. The van der Waals surface area contributed by atoms with Crippen LogP contribution in [0.2, 0.25) is 5.02 Å². The molecule has 1 aliphatic heterocycles. The lowest BCUT2D eigenvalue weighted by atomic mass is 9.96. The normalized spacial score (nSPS) is 17.1. The molecular weight excluding hydrogens is 405 g/mol. The lowest BCUT2D eigenvalue weighted by Crippen LogP contribution is -2.43. The number of hydrogen-bond donors (Lipinski definition) is 1. The Kier molecular flexibility index (Phi) is 6.17. The number of benzene rings is 2. The summed E-state index contributed by atoms with van der Waals surface area (Å²) in [6.07, 6.45) is -3.33. The van der Waals surface area contributed by atoms with E-state index in [9.17, 15) is 22.8 Å². The van der Waals surface area contributed by atoms with Crippen LogP contribution in [0, 0.1) is 12.8 Å². The van der Waals surface area contributed by atoms with Gasteiger partial charge in [-0.3, -0.25) is 9.59 Å². The van der Waals surface area contributed by atoms with E-state index in [0.717, 1.165) is 17.7 Å². The number of aryl methyl sites for hydroxylation is 1. The Morgan fingerprint density at radius 1 is 1.17 bits per heavy atom. The summed E-state index contributed by atoms with van der Waals surface area (Å²) in [5.74, 6) is -1.19. The maximum atomic E-state index is 12.9. The number of nitrogens with zero attached hydrogens (tertiary/aromatic N) is 1. The highest BCUT2D eigenvalue weighted by Crippen LogP contribution is 2.30. The predicted octanol–water partition coefficient (Wildman–Crippen LogP) is 5.16. The van der Waals surface area contributed by atoms with Crippen molar-refractivity contribution in [1.82, 2.24) is 4.90 Å². The summed E-state index contributed by atoms with van der Waals surface area (Å²) < 4.78 is 38.8. The molecule has 0 aromatic heterocycles. The van der Waals surface area contributed by atoms with Gasteiger partial charge in [0.1, 0.15) is 0 Å². The number of hydrogen-bond acceptors (Lipinski definition) is 2. The van der Waals surface area contributed by atoms with Crippen LogP contribution in [0.3, 0.4) is 0 Å². The molecule has 0 spiro atoms. The first kappa shape index (κ1) is 21.2. The summed E-state index contributed by atoms with van der Waals surface area (Å²) in [6, 6.07) is 9.52. The lowest BCUT2D eigenvalue weighted by Gasteiger charge is -2.32. The van der Waals surface area contributed by atoms with Gasteiger partial charge in [-0.15, -0.1) is 0 Å². The van der Waals surface area contributed by atoms with Crippen molar-refractivity contribution < 1.29 is 22.8 Å². The third-order valence-corrected chi connectivity index (χ3v) is 5.21. The molecule has 8 heteroatoms. The van der Waals surface area contributed by atoms with E-state index < -0.39 is 23.6 Å². The third kappa shape index (κ3) is 5.09. The van der Waals surface area contributed by atoms with Gasteiger partial charge in [-0.2, -0.15) is 13.2 Å². The van der Waals surface area contributed by atoms with E-state index in [2.05, 4.69) is 5.32 Å². The number of rotatable bonds is 3. The van der Waals surface area contributed by atoms with Gasteiger partial charge in [0, 0.05) is 29.4 Å². The maximum absolute atomic E-state index is 12.9. The van der Waals surface area contributed by atoms with E-state index in [1.54, 1.807) is 18.2 Å². The van der Waals surface area contributed by atoms with Crippen molar-refractivity contribution in [3.8, 4) is 0 Å². The molecule has 0 aliphatic carbocycles. The monoisotopic (exact) mass is 424 g/mol. The highest BCUT2D eigenvalue weighted by molar-refractivity contribution is 6.31. The molecule has 0 saturated carbocycles. The van der Waals surface area contributed by atoms with Crippen molar-refractivity contribution in [1.29, 1.82) is 0 Å². The number of carbonyl (C=O) groups excluding carboxylic acids is 2. The minimum atomic E-state index is -4.52. The van der Waals surface area contributed by atoms with Gasteiger partial charge in [-0.05, 0) is 55.7 Å². The van der Waals surface area contributed by atoms with Crippen LogP contribution in [0.5, 0.6) is 0 Å². The molecule has 1 N–H and O–H groups in total. The zero-order valence-electron chi connectivity index (χ0n) is 15.7. The Morgan fingerprint density at radius 3 is 2.66 bits per heavy atom. The van der Waals surface area contributed by atoms with Crippen LogP contribution in [0.4, 0.5) is 18.9 Å². The fraction of sp³-hybridized carbons (Fsp3) is 0.333. The van der Waals surface area contributed by atoms with Crippen molar-refractivity contribution in [2.75, 3.05) is 18.4 Å². The molecule has 3 rings (SSSR count). The zero-order chi connectivity index (χ0) is 21.2. The molecule has 2 amide bonds. The van der Waals surface area contributed by atoms with Crippen molar-refractivity contribution in [3.63, 3.8) is 0 Å². The second kappa shape index (κ2) is 8.45. The van der Waals surface area contributed by atoms with Crippen LogP contribution in [0.15, 0.2) is 42.5 Å². The van der Waals surface area contributed by atoms with E-state index in [1.807, 2.05) is 6.92 Å². The van der Waals surface area contributed by atoms with E-state index >= 15 is 0 Å². The van der Waals surface area contributed by atoms with E-state index in [0.29, 0.717) is 30.1 Å². The largest absolute Gasteiger partial charge is 0.416 e. The van der Waals surface area contributed by atoms with Crippen LogP contribution < -0.4 is 5.32 Å². The van der Waals surface area contributed by atoms with Crippen LogP contribution in [0.25, 0.3) is 0 Å². The summed E-state index contributed by atoms with van der Waals surface area (Å²) in [5, 5.41) is 3.34. The molecule has 1 atom stereocenters. The van der Waals surface area contributed by atoms with Gasteiger partial charge in [-0.1, -0.05) is 23.7 Å². The maximum Gasteiger partial charge on any atom is 0.416 e. The summed E-state index contributed by atoms with van der Waals surface area (Å²) >= 11 is 5.98. The first-order valence-electron chi connectivity index (χ1n) is 9.18.